The van der Waals surface area contributed by atoms with E-state index in [1.54, 1.807) is 17.9 Å². The van der Waals surface area contributed by atoms with Crippen LogP contribution in [-0.2, 0) is 16.0 Å². The molecule has 148 valence electrons. The number of nitrogens with zero attached hydrogens (tertiary/aromatic N) is 3. The third kappa shape index (κ3) is 3.73. The van der Waals surface area contributed by atoms with Gasteiger partial charge in [0.25, 0.3) is 5.91 Å². The fourth-order valence-corrected chi connectivity index (χ4v) is 4.16. The van der Waals surface area contributed by atoms with Crippen molar-refractivity contribution < 1.29 is 14.3 Å². The zero-order valence-corrected chi connectivity index (χ0v) is 17.2. The van der Waals surface area contributed by atoms with Crippen LogP contribution in [0.2, 0.25) is 0 Å². The molecule has 0 unspecified atom stereocenters. The Balaban J connectivity index is 1.56. The predicted molar refractivity (Wildman–Crippen MR) is 110 cm³/mol. The molecule has 0 saturated heterocycles. The number of fused-ring (bicyclic) bond motifs is 1. The summed E-state index contributed by atoms with van der Waals surface area (Å²) in [5.41, 5.74) is 3.18. The number of carbonyl (C=O) groups excluding carboxylic acids is 2. The average Bonchev–Trinajstić information content (AvgIpc) is 3.51. The molecule has 1 aliphatic heterocycles. The second-order valence-corrected chi connectivity index (χ2v) is 8.08. The molecule has 2 aromatic rings. The van der Waals surface area contributed by atoms with E-state index in [1.807, 2.05) is 30.5 Å². The molecule has 6 nitrogen and oxygen atoms in total. The first-order valence-electron chi connectivity index (χ1n) is 9.62. The van der Waals surface area contributed by atoms with Gasteiger partial charge in [-0.2, -0.15) is 5.26 Å². The van der Waals surface area contributed by atoms with Crippen molar-refractivity contribution >= 4 is 29.3 Å². The highest BCUT2D eigenvalue weighted by Gasteiger charge is 2.32. The van der Waals surface area contributed by atoms with Crippen molar-refractivity contribution in [2.75, 3.05) is 17.7 Å². The summed E-state index contributed by atoms with van der Waals surface area (Å²) in [7, 11) is 0. The number of anilines is 1. The minimum absolute atomic E-state index is 0.190. The summed E-state index contributed by atoms with van der Waals surface area (Å²) in [5.74, 6) is -0.585. The van der Waals surface area contributed by atoms with Crippen LogP contribution in [0.3, 0.4) is 0 Å². The summed E-state index contributed by atoms with van der Waals surface area (Å²) in [4.78, 5) is 32.0. The van der Waals surface area contributed by atoms with Crippen LogP contribution in [0.25, 0.3) is 0 Å². The smallest absolute Gasteiger partial charge is 0.340 e. The number of esters is 1. The molecule has 1 aromatic heterocycles. The van der Waals surface area contributed by atoms with Crippen LogP contribution in [0.1, 0.15) is 52.9 Å². The zero-order chi connectivity index (χ0) is 20.5. The summed E-state index contributed by atoms with van der Waals surface area (Å²) in [6, 6.07) is 11.5. The Kier molecular flexibility index (Phi) is 5.29. The van der Waals surface area contributed by atoms with Gasteiger partial charge >= 0.3 is 5.97 Å². The Morgan fingerprint density at radius 2 is 2.10 bits per heavy atom. The van der Waals surface area contributed by atoms with E-state index in [2.05, 4.69) is 11.1 Å². The van der Waals surface area contributed by atoms with Crippen molar-refractivity contribution in [3.05, 3.63) is 52.7 Å². The van der Waals surface area contributed by atoms with Gasteiger partial charge in [0.15, 0.2) is 6.10 Å². The largest absolute Gasteiger partial charge is 0.449 e. The van der Waals surface area contributed by atoms with E-state index < -0.39 is 12.1 Å². The number of nitriles is 1. The lowest BCUT2D eigenvalue weighted by atomic mass is 10.1. The van der Waals surface area contributed by atoms with Crippen LogP contribution in [0.15, 0.2) is 35.4 Å². The van der Waals surface area contributed by atoms with E-state index in [-0.39, 0.29) is 17.0 Å². The molecule has 0 radical (unpaired) electrons. The molecular weight excluding hydrogens is 386 g/mol. The van der Waals surface area contributed by atoms with E-state index >= 15 is 0 Å². The Morgan fingerprint density at radius 1 is 1.34 bits per heavy atom. The van der Waals surface area contributed by atoms with Gasteiger partial charge in [0, 0.05) is 23.8 Å². The van der Waals surface area contributed by atoms with Crippen LogP contribution in [-0.4, -0.2) is 35.8 Å². The van der Waals surface area contributed by atoms with E-state index in [4.69, 9.17) is 4.74 Å². The van der Waals surface area contributed by atoms with Crippen LogP contribution >= 0.6 is 11.8 Å². The lowest BCUT2D eigenvalue weighted by Crippen LogP contribution is -2.39. The summed E-state index contributed by atoms with van der Waals surface area (Å²) in [6.45, 7) is 2.15. The molecule has 1 aromatic carbocycles. The van der Waals surface area contributed by atoms with Gasteiger partial charge in [0.2, 0.25) is 0 Å². The van der Waals surface area contributed by atoms with Crippen molar-refractivity contribution in [2.45, 2.75) is 43.2 Å². The van der Waals surface area contributed by atoms with Gasteiger partial charge in [0.1, 0.15) is 11.1 Å². The van der Waals surface area contributed by atoms with Gasteiger partial charge in [-0.1, -0.05) is 18.2 Å². The molecule has 1 atom stereocenters. The molecule has 4 rings (SSSR count). The standard InChI is InChI=1S/C22H21N3O3S/c1-13(21(26)25-10-9-15-5-3-4-6-19(15)25)28-22(27)16-11-18(14-7-8-14)24-20(29-2)17(16)12-23/h3-6,11,13-14H,7-10H2,1-2H3/t13-/m0/s1. The molecule has 29 heavy (non-hydrogen) atoms. The second-order valence-electron chi connectivity index (χ2n) is 7.28. The van der Waals surface area contributed by atoms with E-state index in [1.165, 1.54) is 11.8 Å². The van der Waals surface area contributed by atoms with Gasteiger partial charge < -0.3 is 9.64 Å². The quantitative estimate of drug-likeness (QED) is 0.555. The van der Waals surface area contributed by atoms with Crippen LogP contribution < -0.4 is 4.90 Å². The molecule has 0 spiro atoms. The Bertz CT molecular complexity index is 1030. The number of pyridine rings is 1. The first-order valence-corrected chi connectivity index (χ1v) is 10.8. The van der Waals surface area contributed by atoms with Gasteiger partial charge in [-0.05, 0) is 50.1 Å². The summed E-state index contributed by atoms with van der Waals surface area (Å²) >= 11 is 1.33. The summed E-state index contributed by atoms with van der Waals surface area (Å²) < 4.78 is 5.50. The number of benzene rings is 1. The Labute approximate surface area is 173 Å². The van der Waals surface area contributed by atoms with Crippen molar-refractivity contribution in [3.63, 3.8) is 0 Å². The predicted octanol–water partition coefficient (Wildman–Crippen LogP) is 3.69. The molecule has 1 aliphatic carbocycles. The molecule has 1 fully saturated rings. The molecule has 7 heteroatoms. The normalized spacial score (nSPS) is 16.1. The molecule has 1 amide bonds. The molecule has 0 bridgehead atoms. The third-order valence-electron chi connectivity index (χ3n) is 5.31. The van der Waals surface area contributed by atoms with Crippen LogP contribution in [0, 0.1) is 11.3 Å². The lowest BCUT2D eigenvalue weighted by molar-refractivity contribution is -0.126. The number of hydrogen-bond donors (Lipinski definition) is 0. The van der Waals surface area contributed by atoms with Crippen LogP contribution in [0.5, 0.6) is 0 Å². The fourth-order valence-electron chi connectivity index (χ4n) is 3.61. The summed E-state index contributed by atoms with van der Waals surface area (Å²) in [5, 5.41) is 10.1. The lowest BCUT2D eigenvalue weighted by Gasteiger charge is -2.22. The zero-order valence-electron chi connectivity index (χ0n) is 16.3. The number of aromatic nitrogens is 1. The SMILES string of the molecule is CSc1nc(C2CC2)cc(C(=O)O[C@@H](C)C(=O)N2CCc3ccccc32)c1C#N. The summed E-state index contributed by atoms with van der Waals surface area (Å²) in [6.07, 6.45) is 3.73. The van der Waals surface area contributed by atoms with Crippen molar-refractivity contribution in [1.82, 2.24) is 4.98 Å². The van der Waals surface area contributed by atoms with Crippen molar-refractivity contribution in [3.8, 4) is 6.07 Å². The number of amides is 1. The molecule has 2 aliphatic rings. The van der Waals surface area contributed by atoms with E-state index in [0.717, 1.165) is 36.2 Å². The second kappa shape index (κ2) is 7.88. The first-order chi connectivity index (χ1) is 14.0. The van der Waals surface area contributed by atoms with E-state index in [9.17, 15) is 14.9 Å². The number of thioether (sulfide) groups is 1. The monoisotopic (exact) mass is 407 g/mol. The van der Waals surface area contributed by atoms with Crippen LogP contribution in [0.4, 0.5) is 5.69 Å². The van der Waals surface area contributed by atoms with Gasteiger partial charge in [-0.25, -0.2) is 9.78 Å². The highest BCUT2D eigenvalue weighted by molar-refractivity contribution is 7.98. The van der Waals surface area contributed by atoms with Crippen molar-refractivity contribution in [1.29, 1.82) is 5.26 Å². The molecule has 0 N–H and O–H groups in total. The van der Waals surface area contributed by atoms with Gasteiger partial charge in [0.05, 0.1) is 11.1 Å². The number of para-hydroxylation sites is 1. The Morgan fingerprint density at radius 3 is 2.79 bits per heavy atom. The van der Waals surface area contributed by atoms with Crippen molar-refractivity contribution in [2.24, 2.45) is 0 Å². The maximum Gasteiger partial charge on any atom is 0.340 e. The topological polar surface area (TPSA) is 83.3 Å². The number of rotatable bonds is 5. The average molecular weight is 407 g/mol. The maximum atomic E-state index is 12.9. The maximum absolute atomic E-state index is 12.9. The highest BCUT2D eigenvalue weighted by atomic mass is 32.2. The molecule has 2 heterocycles. The minimum atomic E-state index is -0.949. The van der Waals surface area contributed by atoms with Gasteiger partial charge in [-0.15, -0.1) is 11.8 Å². The van der Waals surface area contributed by atoms with Gasteiger partial charge in [-0.3, -0.25) is 4.79 Å². The number of ether oxygens (including phenoxy) is 1. The number of hydrogen-bond acceptors (Lipinski definition) is 6. The van der Waals surface area contributed by atoms with E-state index in [0.29, 0.717) is 17.5 Å². The molecular formula is C22H21N3O3S. The Hall–Kier alpha value is -2.85. The molecule has 1 saturated carbocycles. The minimum Gasteiger partial charge on any atom is -0.449 e. The highest BCUT2D eigenvalue weighted by Crippen LogP contribution is 2.40. The number of carbonyl (C=O) groups is 2. The third-order valence-corrected chi connectivity index (χ3v) is 5.99. The fraction of sp³-hybridized carbons (Fsp3) is 0.364. The first kappa shape index (κ1) is 19.5.